The first-order valence-corrected chi connectivity index (χ1v) is 7.80. The van der Waals surface area contributed by atoms with Gasteiger partial charge in [0.15, 0.2) is 17.3 Å². The zero-order valence-corrected chi connectivity index (χ0v) is 13.9. The van der Waals surface area contributed by atoms with Crippen LogP contribution in [0, 0.1) is 12.7 Å². The topological polar surface area (TPSA) is 69.0 Å². The molecule has 2 aromatic carbocycles. The lowest BCUT2D eigenvalue weighted by Crippen LogP contribution is -2.12. The molecule has 0 aliphatic rings. The number of nitrogens with one attached hydrogen (secondary N) is 1. The molecule has 0 fully saturated rings. The number of benzene rings is 2. The van der Waals surface area contributed by atoms with Gasteiger partial charge >= 0.3 is 0 Å². The fraction of sp³-hybridized carbons (Fsp3) is 0.167. The minimum absolute atomic E-state index is 0.135. The fourth-order valence-electron chi connectivity index (χ4n) is 2.31. The smallest absolute Gasteiger partial charge is 0.277 e. The second-order valence-corrected chi connectivity index (χ2v) is 5.42. The third kappa shape index (κ3) is 3.82. The van der Waals surface area contributed by atoms with Crippen LogP contribution in [0.2, 0.25) is 0 Å². The van der Waals surface area contributed by atoms with Crippen LogP contribution < -0.4 is 10.1 Å². The summed E-state index contributed by atoms with van der Waals surface area (Å²) < 4.78 is 20.5. The summed E-state index contributed by atoms with van der Waals surface area (Å²) in [4.78, 5) is 12.3. The van der Waals surface area contributed by atoms with E-state index in [0.717, 1.165) is 11.3 Å². The average Bonchev–Trinajstić information content (AvgIpc) is 3.08. The molecule has 6 nitrogen and oxygen atoms in total. The monoisotopic (exact) mass is 340 g/mol. The molecule has 0 aliphatic heterocycles. The molecule has 1 N–H and O–H groups in total. The Hall–Kier alpha value is -3.22. The number of aromatic nitrogens is 3. The maximum Gasteiger partial charge on any atom is 0.277 e. The molecule has 0 bridgehead atoms. The summed E-state index contributed by atoms with van der Waals surface area (Å²) in [6.07, 6.45) is 1.52. The highest BCUT2D eigenvalue weighted by molar-refractivity contribution is 6.02. The molecule has 0 saturated carbocycles. The van der Waals surface area contributed by atoms with Gasteiger partial charge in [-0.05, 0) is 43.7 Å². The van der Waals surface area contributed by atoms with Crippen LogP contribution in [0.5, 0.6) is 5.75 Å². The molecule has 128 valence electrons. The van der Waals surface area contributed by atoms with E-state index in [9.17, 15) is 9.18 Å². The summed E-state index contributed by atoms with van der Waals surface area (Å²) in [5.41, 5.74) is 2.33. The van der Waals surface area contributed by atoms with Gasteiger partial charge in [0.05, 0.1) is 18.5 Å². The highest BCUT2D eigenvalue weighted by Crippen LogP contribution is 2.21. The van der Waals surface area contributed by atoms with E-state index >= 15 is 0 Å². The molecule has 0 spiro atoms. The first kappa shape index (κ1) is 16.6. The normalized spacial score (nSPS) is 10.5. The lowest BCUT2D eigenvalue weighted by molar-refractivity contribution is 0.102. The van der Waals surface area contributed by atoms with Crippen LogP contribution in [0.4, 0.5) is 10.1 Å². The van der Waals surface area contributed by atoms with Crippen LogP contribution >= 0.6 is 0 Å². The Morgan fingerprint density at radius 1 is 1.28 bits per heavy atom. The van der Waals surface area contributed by atoms with Crippen molar-refractivity contribution in [3.63, 3.8) is 0 Å². The maximum atomic E-state index is 13.8. The number of anilines is 1. The standard InChI is InChI=1S/C18H17FN4O2/c1-3-25-17-8-7-13(10-15(17)19)20-18(24)16-11-23(22-21-16)14-6-4-5-12(2)9-14/h4-11H,3H2,1-2H3,(H,20,24). The lowest BCUT2D eigenvalue weighted by atomic mass is 10.2. The average molecular weight is 340 g/mol. The van der Waals surface area contributed by atoms with Gasteiger partial charge in [-0.3, -0.25) is 4.79 Å². The zero-order valence-electron chi connectivity index (χ0n) is 13.9. The van der Waals surface area contributed by atoms with E-state index in [0.29, 0.717) is 12.3 Å². The van der Waals surface area contributed by atoms with Gasteiger partial charge in [-0.25, -0.2) is 9.07 Å². The third-order valence-electron chi connectivity index (χ3n) is 3.48. The number of aryl methyl sites for hydroxylation is 1. The summed E-state index contributed by atoms with van der Waals surface area (Å²) in [6, 6.07) is 11.9. The fourth-order valence-corrected chi connectivity index (χ4v) is 2.31. The highest BCUT2D eigenvalue weighted by atomic mass is 19.1. The quantitative estimate of drug-likeness (QED) is 0.773. The number of nitrogens with zero attached hydrogens (tertiary/aromatic N) is 3. The summed E-state index contributed by atoms with van der Waals surface area (Å²) in [5, 5.41) is 10.4. The van der Waals surface area contributed by atoms with E-state index in [1.807, 2.05) is 31.2 Å². The van der Waals surface area contributed by atoms with Crippen LogP contribution in [-0.4, -0.2) is 27.5 Å². The summed E-state index contributed by atoms with van der Waals surface area (Å²) in [5.74, 6) is -0.864. The van der Waals surface area contributed by atoms with Gasteiger partial charge in [-0.2, -0.15) is 0 Å². The van der Waals surface area contributed by atoms with Crippen molar-refractivity contribution < 1.29 is 13.9 Å². The van der Waals surface area contributed by atoms with E-state index in [-0.39, 0.29) is 11.4 Å². The van der Waals surface area contributed by atoms with Crippen LogP contribution in [0.1, 0.15) is 23.0 Å². The van der Waals surface area contributed by atoms with Crippen molar-refractivity contribution >= 4 is 11.6 Å². The van der Waals surface area contributed by atoms with E-state index in [1.54, 1.807) is 13.0 Å². The molecular weight excluding hydrogens is 323 g/mol. The van der Waals surface area contributed by atoms with Crippen LogP contribution in [0.3, 0.4) is 0 Å². The molecule has 0 atom stereocenters. The van der Waals surface area contributed by atoms with Gasteiger partial charge in [0.25, 0.3) is 5.91 Å². The van der Waals surface area contributed by atoms with Gasteiger partial charge in [-0.1, -0.05) is 17.3 Å². The Morgan fingerprint density at radius 2 is 2.12 bits per heavy atom. The van der Waals surface area contributed by atoms with Gasteiger partial charge in [0, 0.05) is 11.8 Å². The van der Waals surface area contributed by atoms with Crippen molar-refractivity contribution in [2.24, 2.45) is 0 Å². The number of carbonyl (C=O) groups excluding carboxylic acids is 1. The summed E-state index contributed by atoms with van der Waals surface area (Å²) >= 11 is 0. The molecule has 1 heterocycles. The van der Waals surface area contributed by atoms with Crippen molar-refractivity contribution in [3.8, 4) is 11.4 Å². The Labute approximate surface area is 144 Å². The van der Waals surface area contributed by atoms with Gasteiger partial charge in [0.2, 0.25) is 0 Å². The minimum Gasteiger partial charge on any atom is -0.491 e. The van der Waals surface area contributed by atoms with Crippen molar-refractivity contribution in [2.45, 2.75) is 13.8 Å². The van der Waals surface area contributed by atoms with Crippen LogP contribution in [0.15, 0.2) is 48.7 Å². The number of hydrogen-bond acceptors (Lipinski definition) is 4. The molecule has 0 unspecified atom stereocenters. The highest BCUT2D eigenvalue weighted by Gasteiger charge is 2.13. The molecule has 25 heavy (non-hydrogen) atoms. The Morgan fingerprint density at radius 3 is 2.84 bits per heavy atom. The van der Waals surface area contributed by atoms with Gasteiger partial charge in [0.1, 0.15) is 0 Å². The van der Waals surface area contributed by atoms with Gasteiger partial charge < -0.3 is 10.1 Å². The number of ether oxygens (including phenoxy) is 1. The van der Waals surface area contributed by atoms with Crippen molar-refractivity contribution in [3.05, 3.63) is 65.7 Å². The second-order valence-electron chi connectivity index (χ2n) is 5.42. The number of rotatable bonds is 5. The maximum absolute atomic E-state index is 13.8. The predicted molar refractivity (Wildman–Crippen MR) is 91.6 cm³/mol. The molecule has 1 amide bonds. The first-order chi connectivity index (χ1) is 12.1. The van der Waals surface area contributed by atoms with Crippen molar-refractivity contribution in [1.29, 1.82) is 0 Å². The Kier molecular flexibility index (Phi) is 4.74. The van der Waals surface area contributed by atoms with E-state index < -0.39 is 11.7 Å². The van der Waals surface area contributed by atoms with Crippen LogP contribution in [-0.2, 0) is 0 Å². The predicted octanol–water partition coefficient (Wildman–Crippen LogP) is 3.37. The number of carbonyl (C=O) groups is 1. The van der Waals surface area contributed by atoms with E-state index in [1.165, 1.54) is 23.0 Å². The number of halogens is 1. The summed E-state index contributed by atoms with van der Waals surface area (Å²) in [7, 11) is 0. The van der Waals surface area contributed by atoms with Crippen molar-refractivity contribution in [2.75, 3.05) is 11.9 Å². The SMILES string of the molecule is CCOc1ccc(NC(=O)c2cn(-c3cccc(C)c3)nn2)cc1F. The molecule has 0 saturated heterocycles. The molecule has 3 aromatic rings. The second kappa shape index (κ2) is 7.12. The molecular formula is C18H17FN4O2. The van der Waals surface area contributed by atoms with Gasteiger partial charge in [-0.15, -0.1) is 5.10 Å². The summed E-state index contributed by atoms with van der Waals surface area (Å²) in [6.45, 7) is 4.10. The molecule has 0 aliphatic carbocycles. The molecule has 3 rings (SSSR count). The van der Waals surface area contributed by atoms with E-state index in [4.69, 9.17) is 4.74 Å². The third-order valence-corrected chi connectivity index (χ3v) is 3.48. The Bertz CT molecular complexity index is 908. The molecule has 0 radical (unpaired) electrons. The largest absolute Gasteiger partial charge is 0.491 e. The van der Waals surface area contributed by atoms with Crippen molar-refractivity contribution in [1.82, 2.24) is 15.0 Å². The molecule has 1 aromatic heterocycles. The number of amides is 1. The van der Waals surface area contributed by atoms with Crippen LogP contribution in [0.25, 0.3) is 5.69 Å². The zero-order chi connectivity index (χ0) is 17.8. The minimum atomic E-state index is -0.539. The lowest BCUT2D eigenvalue weighted by Gasteiger charge is -2.07. The first-order valence-electron chi connectivity index (χ1n) is 7.80. The van der Waals surface area contributed by atoms with E-state index in [2.05, 4.69) is 15.6 Å². The molecule has 7 heteroatoms. The Balaban J connectivity index is 1.75. The number of hydrogen-bond donors (Lipinski definition) is 1.